The van der Waals surface area contributed by atoms with Crippen molar-refractivity contribution in [3.63, 3.8) is 0 Å². The number of halogens is 5. The Balaban J connectivity index is 2.01. The SMILES string of the molecule is CC(NS(=O)(=O)c1c(Cl)c(C(=O)Nc2ccnc(Cl)c2)n2c1CCC2)C(F)(F)F. The van der Waals surface area contributed by atoms with Crippen molar-refractivity contribution in [2.24, 2.45) is 0 Å². The minimum atomic E-state index is -4.77. The summed E-state index contributed by atoms with van der Waals surface area (Å²) in [6.45, 7) is 0.988. The lowest BCUT2D eigenvalue weighted by atomic mass is 10.3. The fourth-order valence-corrected chi connectivity index (χ4v) is 5.38. The second-order valence-electron chi connectivity index (χ2n) is 6.40. The minimum Gasteiger partial charge on any atom is -0.338 e. The van der Waals surface area contributed by atoms with Gasteiger partial charge in [0, 0.05) is 24.1 Å². The third kappa shape index (κ3) is 4.37. The van der Waals surface area contributed by atoms with Gasteiger partial charge < -0.3 is 9.88 Å². The predicted molar refractivity (Wildman–Crippen MR) is 101 cm³/mol. The van der Waals surface area contributed by atoms with Gasteiger partial charge in [-0.25, -0.2) is 13.4 Å². The van der Waals surface area contributed by atoms with Crippen LogP contribution in [0, 0.1) is 0 Å². The molecule has 0 aromatic carbocycles. The Morgan fingerprint density at radius 3 is 2.66 bits per heavy atom. The third-order valence-electron chi connectivity index (χ3n) is 4.35. The molecule has 29 heavy (non-hydrogen) atoms. The Hall–Kier alpha value is -1.82. The maximum absolute atomic E-state index is 12.8. The van der Waals surface area contributed by atoms with Gasteiger partial charge in [0.2, 0.25) is 10.0 Å². The number of nitrogens with zero attached hydrogens (tertiary/aromatic N) is 2. The van der Waals surface area contributed by atoms with Gasteiger partial charge in [0.25, 0.3) is 5.91 Å². The number of alkyl halides is 3. The van der Waals surface area contributed by atoms with E-state index in [4.69, 9.17) is 23.2 Å². The number of amides is 1. The topological polar surface area (TPSA) is 93.1 Å². The maximum Gasteiger partial charge on any atom is 0.404 e. The van der Waals surface area contributed by atoms with Crippen LogP contribution in [0.15, 0.2) is 23.2 Å². The van der Waals surface area contributed by atoms with Crippen molar-refractivity contribution < 1.29 is 26.4 Å². The molecule has 3 heterocycles. The summed E-state index contributed by atoms with van der Waals surface area (Å²) in [6, 6.07) is 0.526. The number of nitrogens with one attached hydrogen (secondary N) is 2. The fraction of sp³-hybridized carbons (Fsp3) is 0.375. The first kappa shape index (κ1) is 21.9. The molecule has 2 N–H and O–H groups in total. The molecule has 0 aliphatic carbocycles. The second kappa shape index (κ2) is 7.78. The summed E-state index contributed by atoms with van der Waals surface area (Å²) in [5.74, 6) is -0.717. The summed E-state index contributed by atoms with van der Waals surface area (Å²) >= 11 is 12.0. The van der Waals surface area contributed by atoms with Crippen LogP contribution in [0.1, 0.15) is 29.5 Å². The van der Waals surface area contributed by atoms with E-state index in [9.17, 15) is 26.4 Å². The first-order valence-corrected chi connectivity index (χ1v) is 10.6. The number of fused-ring (bicyclic) bond motifs is 1. The van der Waals surface area contributed by atoms with Crippen molar-refractivity contribution in [3.05, 3.63) is 39.9 Å². The molecule has 0 saturated heterocycles. The molecule has 1 aliphatic rings. The van der Waals surface area contributed by atoms with Crippen molar-refractivity contribution in [2.45, 2.75) is 43.4 Å². The van der Waals surface area contributed by atoms with Crippen LogP contribution in [-0.2, 0) is 23.0 Å². The quantitative estimate of drug-likeness (QED) is 0.652. The molecule has 0 spiro atoms. The van der Waals surface area contributed by atoms with E-state index >= 15 is 0 Å². The van der Waals surface area contributed by atoms with Crippen molar-refractivity contribution in [2.75, 3.05) is 5.32 Å². The zero-order valence-corrected chi connectivity index (χ0v) is 17.2. The van der Waals surface area contributed by atoms with Crippen molar-refractivity contribution in [1.29, 1.82) is 0 Å². The summed E-state index contributed by atoms with van der Waals surface area (Å²) < 4.78 is 66.8. The van der Waals surface area contributed by atoms with Gasteiger partial charge in [-0.1, -0.05) is 23.2 Å². The standard InChI is InChI=1S/C16H15Cl2F3N4O3S/c1-8(16(19,20)21)24-29(27,28)14-10-3-2-6-25(10)13(12(14)18)15(26)23-9-4-5-22-11(17)7-9/h4-5,7-8,24H,2-3,6H2,1H3,(H,22,23,26). The molecule has 0 fully saturated rings. The van der Waals surface area contributed by atoms with Crippen LogP contribution in [0.25, 0.3) is 0 Å². The highest BCUT2D eigenvalue weighted by Crippen LogP contribution is 2.37. The Morgan fingerprint density at radius 2 is 2.03 bits per heavy atom. The molecule has 13 heteroatoms. The van der Waals surface area contributed by atoms with E-state index in [2.05, 4.69) is 10.3 Å². The van der Waals surface area contributed by atoms with Crippen molar-refractivity contribution in [1.82, 2.24) is 14.3 Å². The summed E-state index contributed by atoms with van der Waals surface area (Å²) in [5.41, 5.74) is 0.342. The van der Waals surface area contributed by atoms with E-state index in [0.717, 1.165) is 0 Å². The number of carbonyl (C=O) groups is 1. The van der Waals surface area contributed by atoms with Gasteiger partial charge in [-0.3, -0.25) is 4.79 Å². The molecule has 2 aromatic rings. The van der Waals surface area contributed by atoms with E-state index in [-0.39, 0.29) is 23.0 Å². The Bertz CT molecular complexity index is 1070. The lowest BCUT2D eigenvalue weighted by Gasteiger charge is -2.17. The molecule has 1 amide bonds. The lowest BCUT2D eigenvalue weighted by Crippen LogP contribution is -2.43. The van der Waals surface area contributed by atoms with Gasteiger partial charge in [-0.05, 0) is 31.9 Å². The zero-order valence-electron chi connectivity index (χ0n) is 14.8. The molecular formula is C16H15Cl2F3N4O3S. The highest BCUT2D eigenvalue weighted by molar-refractivity contribution is 7.89. The molecule has 0 radical (unpaired) electrons. The van der Waals surface area contributed by atoms with Crippen LogP contribution in [0.5, 0.6) is 0 Å². The lowest BCUT2D eigenvalue weighted by molar-refractivity contribution is -0.147. The number of anilines is 1. The summed E-state index contributed by atoms with van der Waals surface area (Å²) in [4.78, 5) is 16.0. The second-order valence-corrected chi connectivity index (χ2v) is 8.82. The fourth-order valence-electron chi connectivity index (χ4n) is 3.03. The van der Waals surface area contributed by atoms with E-state index in [1.165, 1.54) is 22.9 Å². The average molecular weight is 471 g/mol. The number of hydrogen-bond acceptors (Lipinski definition) is 4. The summed E-state index contributed by atoms with van der Waals surface area (Å²) in [5, 5.41) is 2.23. The number of rotatable bonds is 5. The van der Waals surface area contributed by atoms with E-state index in [1.807, 2.05) is 0 Å². The van der Waals surface area contributed by atoms with Crippen LogP contribution in [0.4, 0.5) is 18.9 Å². The van der Waals surface area contributed by atoms with Gasteiger partial charge in [-0.15, -0.1) is 0 Å². The number of sulfonamides is 1. The number of pyridine rings is 1. The average Bonchev–Trinajstić information content (AvgIpc) is 3.12. The maximum atomic E-state index is 12.8. The van der Waals surface area contributed by atoms with Crippen LogP contribution in [0.3, 0.4) is 0 Å². The Kier molecular flexibility index (Phi) is 5.87. The molecule has 3 rings (SSSR count). The first-order valence-electron chi connectivity index (χ1n) is 8.34. The number of carbonyl (C=O) groups excluding carboxylic acids is 1. The minimum absolute atomic E-state index is 0.128. The van der Waals surface area contributed by atoms with Crippen LogP contribution < -0.4 is 10.0 Å². The predicted octanol–water partition coefficient (Wildman–Crippen LogP) is 3.62. The normalized spacial score (nSPS) is 15.2. The summed E-state index contributed by atoms with van der Waals surface area (Å²) in [7, 11) is -4.62. The third-order valence-corrected chi connectivity index (χ3v) is 6.68. The highest BCUT2D eigenvalue weighted by Gasteiger charge is 2.42. The highest BCUT2D eigenvalue weighted by atomic mass is 35.5. The smallest absolute Gasteiger partial charge is 0.338 e. The molecule has 1 atom stereocenters. The molecule has 2 aromatic heterocycles. The van der Waals surface area contributed by atoms with Crippen molar-refractivity contribution in [3.8, 4) is 0 Å². The molecule has 158 valence electrons. The van der Waals surface area contributed by atoms with Crippen LogP contribution in [0.2, 0.25) is 10.2 Å². The van der Waals surface area contributed by atoms with E-state index < -0.39 is 38.1 Å². The Labute approximate surface area is 174 Å². The van der Waals surface area contributed by atoms with Gasteiger partial charge in [0.05, 0.1) is 5.02 Å². The molecule has 1 unspecified atom stereocenters. The largest absolute Gasteiger partial charge is 0.404 e. The van der Waals surface area contributed by atoms with E-state index in [1.54, 1.807) is 4.72 Å². The van der Waals surface area contributed by atoms with Crippen molar-refractivity contribution >= 4 is 44.8 Å². The monoisotopic (exact) mass is 470 g/mol. The molecule has 1 aliphatic heterocycles. The molecule has 0 saturated carbocycles. The van der Waals surface area contributed by atoms with Gasteiger partial charge in [0.15, 0.2) is 0 Å². The molecule has 0 bridgehead atoms. The Morgan fingerprint density at radius 1 is 1.34 bits per heavy atom. The van der Waals surface area contributed by atoms with Gasteiger partial charge in [-0.2, -0.15) is 17.9 Å². The molecule has 7 nitrogen and oxygen atoms in total. The van der Waals surface area contributed by atoms with E-state index in [0.29, 0.717) is 25.6 Å². The van der Waals surface area contributed by atoms with Crippen LogP contribution in [-0.4, -0.2) is 36.1 Å². The number of hydrogen-bond donors (Lipinski definition) is 2. The number of aromatic nitrogens is 2. The van der Waals surface area contributed by atoms with Gasteiger partial charge in [0.1, 0.15) is 21.8 Å². The van der Waals surface area contributed by atoms with Gasteiger partial charge >= 0.3 is 6.18 Å². The zero-order chi connectivity index (χ0) is 21.6. The first-order chi connectivity index (χ1) is 13.4. The summed E-state index contributed by atoms with van der Waals surface area (Å²) in [6.07, 6.45) is -2.64. The molecular weight excluding hydrogens is 456 g/mol. The van der Waals surface area contributed by atoms with Crippen LogP contribution >= 0.6 is 23.2 Å².